The summed E-state index contributed by atoms with van der Waals surface area (Å²) in [4.78, 5) is 25.2. The van der Waals surface area contributed by atoms with Gasteiger partial charge in [0.15, 0.2) is 28.9 Å². The van der Waals surface area contributed by atoms with Crippen LogP contribution in [-0.2, 0) is 14.8 Å². The number of hydrogen-bond donors (Lipinski definition) is 2. The molecule has 13 heteroatoms. The van der Waals surface area contributed by atoms with Crippen molar-refractivity contribution < 1.29 is 31.5 Å². The minimum atomic E-state index is -4.20. The molecular formula is C31H27F2N5O5S. The number of rotatable bonds is 7. The van der Waals surface area contributed by atoms with Crippen LogP contribution in [0.2, 0.25) is 0 Å². The van der Waals surface area contributed by atoms with E-state index in [4.69, 9.17) is 4.42 Å². The molecule has 5 aromatic rings. The molecule has 2 atom stereocenters. The number of hydrogen-bond acceptors (Lipinski definition) is 8. The van der Waals surface area contributed by atoms with Gasteiger partial charge in [-0.2, -0.15) is 0 Å². The monoisotopic (exact) mass is 619 g/mol. The second-order valence-corrected chi connectivity index (χ2v) is 13.2. The van der Waals surface area contributed by atoms with Gasteiger partial charge in [-0.05, 0) is 74.8 Å². The number of nitrogens with zero attached hydrogens (tertiary/aromatic N) is 4. The maximum Gasteiger partial charge on any atom is 0.308 e. The van der Waals surface area contributed by atoms with Gasteiger partial charge in [0.1, 0.15) is 11.5 Å². The Morgan fingerprint density at radius 2 is 1.80 bits per heavy atom. The molecule has 3 aliphatic rings. The zero-order valence-electron chi connectivity index (χ0n) is 23.4. The van der Waals surface area contributed by atoms with Gasteiger partial charge in [-0.3, -0.25) is 4.79 Å². The number of aryl methyl sites for hydroxylation is 1. The number of carboxylic acid groups (broad SMARTS) is 1. The van der Waals surface area contributed by atoms with Crippen LogP contribution in [0.1, 0.15) is 31.2 Å². The fourth-order valence-electron chi connectivity index (χ4n) is 6.65. The number of anilines is 1. The summed E-state index contributed by atoms with van der Waals surface area (Å²) < 4.78 is 64.5. The minimum absolute atomic E-state index is 0.00541. The van der Waals surface area contributed by atoms with Crippen molar-refractivity contribution in [2.24, 2.45) is 17.8 Å². The summed E-state index contributed by atoms with van der Waals surface area (Å²) in [5.41, 5.74) is 0.656. The lowest BCUT2D eigenvalue weighted by Gasteiger charge is -2.47. The number of fused-ring (bicyclic) bond motifs is 4. The first kappa shape index (κ1) is 28.1. The SMILES string of the molecule is Cc1ccc(S(=O)(=O)n2cc(-c3nc(NC4C5CCC(CC5)C4C(=O)O)c(F)c(-c4ccco4)n3)c3cc(F)cnc32)cc1. The normalized spacial score (nSPS) is 21.5. The third-order valence-electron chi connectivity index (χ3n) is 8.81. The van der Waals surface area contributed by atoms with Gasteiger partial charge < -0.3 is 14.8 Å². The van der Waals surface area contributed by atoms with Crippen molar-refractivity contribution in [3.63, 3.8) is 0 Å². The maximum absolute atomic E-state index is 16.1. The average Bonchev–Trinajstić information content (AvgIpc) is 3.68. The quantitative estimate of drug-likeness (QED) is 0.229. The lowest BCUT2D eigenvalue weighted by molar-refractivity contribution is -0.148. The van der Waals surface area contributed by atoms with Crippen LogP contribution in [0.3, 0.4) is 0 Å². The smallest absolute Gasteiger partial charge is 0.308 e. The Bertz CT molecular complexity index is 2000. The molecule has 0 spiro atoms. The Hall–Kier alpha value is -4.65. The molecule has 3 aliphatic carbocycles. The van der Waals surface area contributed by atoms with Gasteiger partial charge in [0.2, 0.25) is 0 Å². The standard InChI is InChI=1S/C31H27F2N5O5S/c1-16-4-10-20(11-5-16)44(41,42)38-15-22(21-13-19(32)14-34-30(21)38)28-36-27(23-3-2-12-43-23)25(33)29(37-28)35-26-18-8-6-17(7-9-18)24(26)31(39)40/h2-5,10-15,17-18,24,26H,6-9H2,1H3,(H,39,40)(H,35,36,37). The number of furan rings is 1. The van der Waals surface area contributed by atoms with Gasteiger partial charge in [-0.1, -0.05) is 17.7 Å². The molecule has 10 nitrogen and oxygen atoms in total. The van der Waals surface area contributed by atoms with Crippen LogP contribution in [-0.4, -0.2) is 44.5 Å². The fraction of sp³-hybridized carbons (Fsp3) is 0.290. The van der Waals surface area contributed by atoms with Gasteiger partial charge in [0.25, 0.3) is 10.0 Å². The number of aliphatic carboxylic acids is 1. The van der Waals surface area contributed by atoms with Crippen LogP contribution >= 0.6 is 0 Å². The molecule has 2 unspecified atom stereocenters. The highest BCUT2D eigenvalue weighted by Crippen LogP contribution is 2.47. The third-order valence-corrected chi connectivity index (χ3v) is 10.5. The number of pyridine rings is 1. The molecular weight excluding hydrogens is 592 g/mol. The molecule has 44 heavy (non-hydrogen) atoms. The third kappa shape index (κ3) is 4.62. The van der Waals surface area contributed by atoms with Crippen LogP contribution < -0.4 is 5.32 Å². The molecule has 3 saturated carbocycles. The maximum atomic E-state index is 16.1. The molecule has 3 fully saturated rings. The predicted octanol–water partition coefficient (Wildman–Crippen LogP) is 5.88. The van der Waals surface area contributed by atoms with E-state index in [0.29, 0.717) is 0 Å². The van der Waals surface area contributed by atoms with Crippen LogP contribution in [0.4, 0.5) is 14.6 Å². The number of nitrogens with one attached hydrogen (secondary N) is 1. The first-order valence-corrected chi connectivity index (χ1v) is 15.7. The van der Waals surface area contributed by atoms with Crippen molar-refractivity contribution in [1.82, 2.24) is 18.9 Å². The van der Waals surface area contributed by atoms with Crippen LogP contribution in [0, 0.1) is 36.3 Å². The van der Waals surface area contributed by atoms with Crippen molar-refractivity contribution >= 4 is 32.8 Å². The number of aromatic nitrogens is 4. The predicted molar refractivity (Wildman–Crippen MR) is 156 cm³/mol. The summed E-state index contributed by atoms with van der Waals surface area (Å²) in [6.45, 7) is 1.83. The fourth-order valence-corrected chi connectivity index (χ4v) is 7.97. The summed E-state index contributed by atoms with van der Waals surface area (Å²) in [6, 6.07) is 9.84. The Morgan fingerprint density at radius 3 is 2.48 bits per heavy atom. The highest BCUT2D eigenvalue weighted by molar-refractivity contribution is 7.90. The molecule has 0 radical (unpaired) electrons. The van der Waals surface area contributed by atoms with Gasteiger partial charge in [-0.25, -0.2) is 36.1 Å². The highest BCUT2D eigenvalue weighted by Gasteiger charge is 2.47. The highest BCUT2D eigenvalue weighted by atomic mass is 32.2. The second kappa shape index (κ2) is 10.5. The van der Waals surface area contributed by atoms with E-state index in [1.54, 1.807) is 18.2 Å². The molecule has 0 amide bonds. The molecule has 226 valence electrons. The van der Waals surface area contributed by atoms with Crippen LogP contribution in [0.5, 0.6) is 0 Å². The average molecular weight is 620 g/mol. The van der Waals surface area contributed by atoms with E-state index in [1.165, 1.54) is 30.7 Å². The largest absolute Gasteiger partial charge is 0.481 e. The Labute approximate surface area is 250 Å². The van der Waals surface area contributed by atoms with Gasteiger partial charge in [-0.15, -0.1) is 0 Å². The number of carboxylic acids is 1. The van der Waals surface area contributed by atoms with Gasteiger partial charge in [0, 0.05) is 23.2 Å². The van der Waals surface area contributed by atoms with Gasteiger partial charge >= 0.3 is 5.97 Å². The van der Waals surface area contributed by atoms with Crippen LogP contribution in [0.15, 0.2) is 70.4 Å². The Balaban J connectivity index is 1.41. The summed E-state index contributed by atoms with van der Waals surface area (Å²) in [6.07, 6.45) is 6.70. The van der Waals surface area contributed by atoms with Crippen molar-refractivity contribution in [2.75, 3.05) is 5.32 Å². The molecule has 8 rings (SSSR count). The van der Waals surface area contributed by atoms with E-state index in [-0.39, 0.29) is 56.4 Å². The molecule has 0 saturated heterocycles. The van der Waals surface area contributed by atoms with Crippen molar-refractivity contribution in [1.29, 1.82) is 0 Å². The number of carbonyl (C=O) groups is 1. The lowest BCUT2D eigenvalue weighted by atomic mass is 9.61. The first-order valence-electron chi connectivity index (χ1n) is 14.2. The van der Waals surface area contributed by atoms with Crippen molar-refractivity contribution in [2.45, 2.75) is 43.5 Å². The Kier molecular flexibility index (Phi) is 6.72. The zero-order chi connectivity index (χ0) is 30.7. The van der Waals surface area contributed by atoms with Crippen molar-refractivity contribution in [3.05, 3.63) is 78.3 Å². The number of benzene rings is 1. The summed E-state index contributed by atoms with van der Waals surface area (Å²) >= 11 is 0. The first-order chi connectivity index (χ1) is 21.1. The van der Waals surface area contributed by atoms with E-state index >= 15 is 4.39 Å². The number of halogens is 2. The molecule has 2 bridgehead atoms. The summed E-state index contributed by atoms with van der Waals surface area (Å²) in [7, 11) is -4.20. The van der Waals surface area contributed by atoms with Crippen LogP contribution in [0.25, 0.3) is 33.9 Å². The van der Waals surface area contributed by atoms with E-state index < -0.39 is 39.6 Å². The van der Waals surface area contributed by atoms with E-state index in [1.807, 2.05) is 6.92 Å². The molecule has 0 aliphatic heterocycles. The Morgan fingerprint density at radius 1 is 1.07 bits per heavy atom. The van der Waals surface area contributed by atoms with Gasteiger partial charge in [0.05, 0.1) is 23.3 Å². The molecule has 1 aromatic carbocycles. The molecule has 4 aromatic heterocycles. The zero-order valence-corrected chi connectivity index (χ0v) is 24.3. The molecule has 4 heterocycles. The van der Waals surface area contributed by atoms with E-state index in [0.717, 1.165) is 47.5 Å². The lowest BCUT2D eigenvalue weighted by Crippen LogP contribution is -2.51. The second-order valence-electron chi connectivity index (χ2n) is 11.4. The van der Waals surface area contributed by atoms with E-state index in [2.05, 4.69) is 20.3 Å². The summed E-state index contributed by atoms with van der Waals surface area (Å²) in [5.74, 6) is -3.59. The van der Waals surface area contributed by atoms with Crippen molar-refractivity contribution in [3.8, 4) is 22.8 Å². The topological polar surface area (TPSA) is 140 Å². The molecule has 2 N–H and O–H groups in total. The minimum Gasteiger partial charge on any atom is -0.481 e. The van der Waals surface area contributed by atoms with E-state index in [9.17, 15) is 22.7 Å². The summed E-state index contributed by atoms with van der Waals surface area (Å²) in [5, 5.41) is 13.2.